The predicted octanol–water partition coefficient (Wildman–Crippen LogP) is 3.05. The van der Waals surface area contributed by atoms with Crippen LogP contribution in [-0.4, -0.2) is 31.8 Å². The van der Waals surface area contributed by atoms with Gasteiger partial charge in [0, 0.05) is 10.9 Å². The van der Waals surface area contributed by atoms with Crippen LogP contribution in [0.4, 0.5) is 10.1 Å². The molecule has 0 spiro atoms. The van der Waals surface area contributed by atoms with Crippen LogP contribution in [0.25, 0.3) is 0 Å². The van der Waals surface area contributed by atoms with E-state index in [0.717, 1.165) is 27.2 Å². The van der Waals surface area contributed by atoms with Gasteiger partial charge in [0.05, 0.1) is 11.9 Å². The van der Waals surface area contributed by atoms with E-state index in [0.29, 0.717) is 5.56 Å². The quantitative estimate of drug-likeness (QED) is 0.786. The first-order chi connectivity index (χ1) is 11.2. The number of carbonyl (C=O) groups is 1. The minimum Gasteiger partial charge on any atom is -0.480 e. The van der Waals surface area contributed by atoms with E-state index in [1.165, 1.54) is 12.1 Å². The monoisotopic (exact) mass is 415 g/mol. The van der Waals surface area contributed by atoms with E-state index in [2.05, 4.69) is 15.9 Å². The van der Waals surface area contributed by atoms with E-state index in [1.54, 1.807) is 24.3 Å². The Morgan fingerprint density at radius 3 is 2.38 bits per heavy atom. The van der Waals surface area contributed by atoms with Crippen molar-refractivity contribution in [3.05, 3.63) is 64.4 Å². The van der Waals surface area contributed by atoms with Crippen molar-refractivity contribution in [2.24, 2.45) is 0 Å². The molecule has 0 aliphatic heterocycles. The van der Waals surface area contributed by atoms with Crippen LogP contribution in [0.2, 0.25) is 0 Å². The molecule has 2 aromatic carbocycles. The fourth-order valence-corrected chi connectivity index (χ4v) is 3.93. The molecule has 0 saturated carbocycles. The third kappa shape index (κ3) is 4.55. The highest BCUT2D eigenvalue weighted by Crippen LogP contribution is 2.24. The third-order valence-corrected chi connectivity index (χ3v) is 5.00. The molecule has 0 bridgehead atoms. The molecule has 0 saturated heterocycles. The molecule has 0 amide bonds. The molecule has 0 aliphatic rings. The highest BCUT2D eigenvalue weighted by atomic mass is 79.9. The molecule has 1 N–H and O–H groups in total. The lowest BCUT2D eigenvalue weighted by Crippen LogP contribution is -2.46. The molecule has 1 unspecified atom stereocenters. The van der Waals surface area contributed by atoms with E-state index < -0.39 is 27.9 Å². The SMILES string of the molecule is CS(=O)(=O)N(c1ccc(F)cc1)C(Cc1cccc(Br)c1)C(=O)O. The van der Waals surface area contributed by atoms with Crippen LogP contribution in [0.1, 0.15) is 5.56 Å². The third-order valence-electron chi connectivity index (χ3n) is 3.32. The molecule has 128 valence electrons. The van der Waals surface area contributed by atoms with E-state index in [-0.39, 0.29) is 12.1 Å². The smallest absolute Gasteiger partial charge is 0.327 e. The molecule has 1 atom stereocenters. The van der Waals surface area contributed by atoms with Crippen LogP contribution < -0.4 is 4.31 Å². The zero-order chi connectivity index (χ0) is 17.9. The van der Waals surface area contributed by atoms with Crippen molar-refractivity contribution in [1.29, 1.82) is 0 Å². The van der Waals surface area contributed by atoms with Crippen LogP contribution in [0.3, 0.4) is 0 Å². The Kier molecular flexibility index (Phi) is 5.61. The van der Waals surface area contributed by atoms with Crippen LogP contribution in [-0.2, 0) is 21.2 Å². The molecule has 0 heterocycles. The van der Waals surface area contributed by atoms with Gasteiger partial charge >= 0.3 is 5.97 Å². The molecule has 24 heavy (non-hydrogen) atoms. The number of carboxylic acids is 1. The van der Waals surface area contributed by atoms with Gasteiger partial charge in [-0.05, 0) is 42.0 Å². The summed E-state index contributed by atoms with van der Waals surface area (Å²) in [5.74, 6) is -1.82. The van der Waals surface area contributed by atoms with Crippen molar-refractivity contribution >= 4 is 37.6 Å². The molecular formula is C16H15BrFNO4S. The van der Waals surface area contributed by atoms with Gasteiger partial charge in [0.2, 0.25) is 10.0 Å². The van der Waals surface area contributed by atoms with Gasteiger partial charge in [-0.1, -0.05) is 28.1 Å². The van der Waals surface area contributed by atoms with Crippen molar-refractivity contribution in [3.8, 4) is 0 Å². The first-order valence-corrected chi connectivity index (χ1v) is 9.55. The Hall–Kier alpha value is -1.93. The number of hydrogen-bond acceptors (Lipinski definition) is 3. The van der Waals surface area contributed by atoms with E-state index >= 15 is 0 Å². The number of benzene rings is 2. The van der Waals surface area contributed by atoms with Gasteiger partial charge in [-0.3, -0.25) is 4.31 Å². The van der Waals surface area contributed by atoms with Gasteiger partial charge in [-0.15, -0.1) is 0 Å². The van der Waals surface area contributed by atoms with E-state index in [4.69, 9.17) is 0 Å². The number of aliphatic carboxylic acids is 1. The maximum Gasteiger partial charge on any atom is 0.327 e. The summed E-state index contributed by atoms with van der Waals surface area (Å²) < 4.78 is 39.0. The van der Waals surface area contributed by atoms with Crippen molar-refractivity contribution < 1.29 is 22.7 Å². The lowest BCUT2D eigenvalue weighted by molar-refractivity contribution is -0.138. The Balaban J connectivity index is 2.47. The molecule has 0 radical (unpaired) electrons. The number of anilines is 1. The maximum atomic E-state index is 13.1. The number of hydrogen-bond donors (Lipinski definition) is 1. The van der Waals surface area contributed by atoms with Gasteiger partial charge in [-0.25, -0.2) is 17.6 Å². The van der Waals surface area contributed by atoms with E-state index in [1.807, 2.05) is 0 Å². The average Bonchev–Trinajstić information content (AvgIpc) is 2.47. The van der Waals surface area contributed by atoms with Crippen LogP contribution >= 0.6 is 15.9 Å². The van der Waals surface area contributed by atoms with Gasteiger partial charge < -0.3 is 5.11 Å². The second-order valence-electron chi connectivity index (χ2n) is 5.22. The zero-order valence-electron chi connectivity index (χ0n) is 12.7. The summed E-state index contributed by atoms with van der Waals surface area (Å²) in [5.41, 5.74) is 0.758. The highest BCUT2D eigenvalue weighted by molar-refractivity contribution is 9.10. The second-order valence-corrected chi connectivity index (χ2v) is 8.00. The molecular weight excluding hydrogens is 401 g/mol. The van der Waals surface area contributed by atoms with Crippen LogP contribution in [0, 0.1) is 5.82 Å². The van der Waals surface area contributed by atoms with Gasteiger partial charge in [0.25, 0.3) is 0 Å². The lowest BCUT2D eigenvalue weighted by atomic mass is 10.1. The average molecular weight is 416 g/mol. The molecule has 5 nitrogen and oxygen atoms in total. The fourth-order valence-electron chi connectivity index (χ4n) is 2.35. The molecule has 2 rings (SSSR count). The summed E-state index contributed by atoms with van der Waals surface area (Å²) in [4.78, 5) is 11.7. The topological polar surface area (TPSA) is 74.7 Å². The van der Waals surface area contributed by atoms with Gasteiger partial charge in [-0.2, -0.15) is 0 Å². The van der Waals surface area contributed by atoms with Crippen LogP contribution in [0.5, 0.6) is 0 Å². The standard InChI is InChI=1S/C16H15BrFNO4S/c1-24(22,23)19(14-7-5-13(18)6-8-14)15(16(20)21)10-11-3-2-4-12(17)9-11/h2-9,15H,10H2,1H3,(H,20,21). The number of sulfonamides is 1. The minimum absolute atomic E-state index is 0.0286. The van der Waals surface area contributed by atoms with Crippen molar-refractivity contribution in [1.82, 2.24) is 0 Å². The summed E-state index contributed by atoms with van der Waals surface area (Å²) in [6.45, 7) is 0. The first-order valence-electron chi connectivity index (χ1n) is 6.90. The largest absolute Gasteiger partial charge is 0.480 e. The molecule has 0 fully saturated rings. The zero-order valence-corrected chi connectivity index (χ0v) is 15.1. The summed E-state index contributed by atoms with van der Waals surface area (Å²) in [6.07, 6.45) is 0.895. The van der Waals surface area contributed by atoms with Crippen molar-refractivity contribution in [2.45, 2.75) is 12.5 Å². The number of nitrogens with zero attached hydrogens (tertiary/aromatic N) is 1. The molecule has 8 heteroatoms. The second kappa shape index (κ2) is 7.31. The van der Waals surface area contributed by atoms with Crippen LogP contribution in [0.15, 0.2) is 53.0 Å². The normalized spacial score (nSPS) is 12.6. The molecule has 2 aromatic rings. The molecule has 0 aliphatic carbocycles. The Labute approximate surface area is 147 Å². The first kappa shape index (κ1) is 18.4. The minimum atomic E-state index is -3.89. The Morgan fingerprint density at radius 1 is 1.25 bits per heavy atom. The van der Waals surface area contributed by atoms with E-state index in [9.17, 15) is 22.7 Å². The molecule has 0 aromatic heterocycles. The Morgan fingerprint density at radius 2 is 1.88 bits per heavy atom. The number of carboxylic acid groups (broad SMARTS) is 1. The summed E-state index contributed by atoms with van der Waals surface area (Å²) >= 11 is 3.30. The van der Waals surface area contributed by atoms with Gasteiger partial charge in [0.1, 0.15) is 11.9 Å². The lowest BCUT2D eigenvalue weighted by Gasteiger charge is -2.29. The summed E-state index contributed by atoms with van der Waals surface area (Å²) in [6, 6.07) is 10.3. The fraction of sp³-hybridized carbons (Fsp3) is 0.188. The van der Waals surface area contributed by atoms with Crippen molar-refractivity contribution in [2.75, 3.05) is 10.6 Å². The Bertz CT molecular complexity index is 839. The highest BCUT2D eigenvalue weighted by Gasteiger charge is 2.32. The summed E-state index contributed by atoms with van der Waals surface area (Å²) in [7, 11) is -3.89. The maximum absolute atomic E-state index is 13.1. The number of halogens is 2. The summed E-state index contributed by atoms with van der Waals surface area (Å²) in [5, 5.41) is 9.56. The van der Waals surface area contributed by atoms with Crippen molar-refractivity contribution in [3.63, 3.8) is 0 Å². The predicted molar refractivity (Wildman–Crippen MR) is 93.0 cm³/mol. The van der Waals surface area contributed by atoms with Gasteiger partial charge in [0.15, 0.2) is 0 Å². The number of rotatable bonds is 6.